The molecule has 0 radical (unpaired) electrons. The first-order valence-electron chi connectivity index (χ1n) is 8.86. The fourth-order valence-electron chi connectivity index (χ4n) is 3.86. The van der Waals surface area contributed by atoms with E-state index in [1.54, 1.807) is 4.90 Å². The molecule has 138 valence electrons. The third-order valence-electron chi connectivity index (χ3n) is 5.32. The second kappa shape index (κ2) is 6.79. The molecule has 26 heavy (non-hydrogen) atoms. The Morgan fingerprint density at radius 3 is 2.85 bits per heavy atom. The zero-order chi connectivity index (χ0) is 18.3. The van der Waals surface area contributed by atoms with E-state index in [9.17, 15) is 14.4 Å². The lowest BCUT2D eigenvalue weighted by molar-refractivity contribution is -0.136. The number of nitrogens with two attached hydrogens (primary N) is 1. The van der Waals surface area contributed by atoms with Gasteiger partial charge in [0.1, 0.15) is 6.04 Å². The summed E-state index contributed by atoms with van der Waals surface area (Å²) in [6.07, 6.45) is 0.622. The number of carbonyl (C=O) groups is 3. The highest BCUT2D eigenvalue weighted by atomic mass is 16.5. The minimum absolute atomic E-state index is 0.0533. The van der Waals surface area contributed by atoms with Gasteiger partial charge in [0.2, 0.25) is 11.8 Å². The Balaban J connectivity index is 1.51. The molecule has 3 aliphatic rings. The number of benzene rings is 1. The summed E-state index contributed by atoms with van der Waals surface area (Å²) in [7, 11) is 0. The van der Waals surface area contributed by atoms with Crippen LogP contribution in [0.2, 0.25) is 0 Å². The van der Waals surface area contributed by atoms with Gasteiger partial charge in [0.25, 0.3) is 5.91 Å². The molecule has 3 heterocycles. The highest BCUT2D eigenvalue weighted by Gasteiger charge is 2.40. The highest BCUT2D eigenvalue weighted by molar-refractivity contribution is 6.05. The van der Waals surface area contributed by atoms with Crippen LogP contribution in [0.3, 0.4) is 0 Å². The van der Waals surface area contributed by atoms with Gasteiger partial charge in [-0.15, -0.1) is 0 Å². The molecule has 1 aromatic carbocycles. The number of fused-ring (bicyclic) bond motifs is 1. The van der Waals surface area contributed by atoms with Gasteiger partial charge in [-0.2, -0.15) is 0 Å². The molecular formula is C18H22N4O4. The van der Waals surface area contributed by atoms with Crippen LogP contribution >= 0.6 is 0 Å². The predicted molar refractivity (Wildman–Crippen MR) is 91.9 cm³/mol. The molecule has 0 aromatic heterocycles. The molecule has 4 N–H and O–H groups in total. The van der Waals surface area contributed by atoms with Gasteiger partial charge < -0.3 is 20.7 Å². The van der Waals surface area contributed by atoms with Gasteiger partial charge >= 0.3 is 0 Å². The van der Waals surface area contributed by atoms with E-state index < -0.39 is 11.9 Å². The summed E-state index contributed by atoms with van der Waals surface area (Å²) in [5.74, 6) is -0.828. The fourth-order valence-corrected chi connectivity index (χ4v) is 3.86. The number of carbonyl (C=O) groups excluding carboxylic acids is 3. The van der Waals surface area contributed by atoms with Crippen molar-refractivity contribution < 1.29 is 19.1 Å². The van der Waals surface area contributed by atoms with Crippen LogP contribution in [0.1, 0.15) is 34.3 Å². The molecule has 2 fully saturated rings. The summed E-state index contributed by atoms with van der Waals surface area (Å²) < 4.78 is 5.35. The SMILES string of the molecule is N[C@@H]1COC[C@@H]1NCc1cccc2c1C(=O)N(C1CCC(=O)NC1=O)C2. The third-order valence-corrected chi connectivity index (χ3v) is 5.32. The number of imide groups is 1. The predicted octanol–water partition coefficient (Wildman–Crippen LogP) is -0.737. The van der Waals surface area contributed by atoms with Crippen LogP contribution in [-0.2, 0) is 27.4 Å². The lowest BCUT2D eigenvalue weighted by Gasteiger charge is -2.29. The second-order valence-electron chi connectivity index (χ2n) is 7.04. The van der Waals surface area contributed by atoms with Gasteiger partial charge in [-0.1, -0.05) is 18.2 Å². The maximum absolute atomic E-state index is 13.0. The molecule has 0 saturated carbocycles. The maximum Gasteiger partial charge on any atom is 0.255 e. The third kappa shape index (κ3) is 3.00. The quantitative estimate of drug-likeness (QED) is 0.611. The van der Waals surface area contributed by atoms with Crippen LogP contribution in [-0.4, -0.2) is 54.0 Å². The van der Waals surface area contributed by atoms with E-state index in [1.165, 1.54) is 0 Å². The molecule has 4 rings (SSSR count). The highest BCUT2D eigenvalue weighted by Crippen LogP contribution is 2.29. The molecule has 2 saturated heterocycles. The number of rotatable bonds is 4. The van der Waals surface area contributed by atoms with Crippen molar-refractivity contribution in [3.05, 3.63) is 34.9 Å². The Morgan fingerprint density at radius 2 is 2.12 bits per heavy atom. The number of hydrogen-bond acceptors (Lipinski definition) is 6. The van der Waals surface area contributed by atoms with Crippen molar-refractivity contribution in [1.82, 2.24) is 15.5 Å². The van der Waals surface area contributed by atoms with Gasteiger partial charge in [0.05, 0.1) is 13.2 Å². The average molecular weight is 358 g/mol. The van der Waals surface area contributed by atoms with Gasteiger partial charge in [-0.3, -0.25) is 19.7 Å². The largest absolute Gasteiger partial charge is 0.378 e. The first-order chi connectivity index (χ1) is 12.5. The van der Waals surface area contributed by atoms with Gasteiger partial charge in [-0.05, 0) is 17.5 Å². The van der Waals surface area contributed by atoms with Crippen LogP contribution in [0.5, 0.6) is 0 Å². The van der Waals surface area contributed by atoms with E-state index in [-0.39, 0.29) is 30.3 Å². The van der Waals surface area contributed by atoms with E-state index in [0.717, 1.165) is 11.1 Å². The first kappa shape index (κ1) is 17.1. The summed E-state index contributed by atoms with van der Waals surface area (Å²) in [6.45, 7) is 2.00. The lowest BCUT2D eigenvalue weighted by Crippen LogP contribution is -2.52. The van der Waals surface area contributed by atoms with E-state index in [2.05, 4.69) is 10.6 Å². The zero-order valence-electron chi connectivity index (χ0n) is 14.4. The molecular weight excluding hydrogens is 336 g/mol. The van der Waals surface area contributed by atoms with E-state index >= 15 is 0 Å². The topological polar surface area (TPSA) is 114 Å². The van der Waals surface area contributed by atoms with Crippen molar-refractivity contribution >= 4 is 17.7 Å². The standard InChI is InChI=1S/C18H22N4O4/c19-12-8-26-9-13(12)20-6-10-2-1-3-11-7-22(18(25)16(10)11)14-4-5-15(23)21-17(14)24/h1-3,12-14,20H,4-9,19H2,(H,21,23,24)/t12-,13+,14?/m1/s1. The molecule has 1 aromatic rings. The summed E-state index contributed by atoms with van der Waals surface area (Å²) in [6, 6.07) is 5.16. The Kier molecular flexibility index (Phi) is 4.47. The van der Waals surface area contributed by atoms with E-state index in [0.29, 0.717) is 38.3 Å². The number of piperidine rings is 1. The number of amides is 3. The molecule has 3 aliphatic heterocycles. The molecule has 8 nitrogen and oxygen atoms in total. The lowest BCUT2D eigenvalue weighted by atomic mass is 10.0. The molecule has 0 spiro atoms. The van der Waals surface area contributed by atoms with Crippen molar-refractivity contribution in [2.24, 2.45) is 5.73 Å². The Hall–Kier alpha value is -2.29. The van der Waals surface area contributed by atoms with E-state index in [1.807, 2.05) is 18.2 Å². The minimum Gasteiger partial charge on any atom is -0.378 e. The summed E-state index contributed by atoms with van der Waals surface area (Å²) in [4.78, 5) is 38.1. The summed E-state index contributed by atoms with van der Waals surface area (Å²) in [5.41, 5.74) is 8.44. The molecule has 3 amide bonds. The van der Waals surface area contributed by atoms with Crippen molar-refractivity contribution in [2.45, 2.75) is 44.1 Å². The number of nitrogens with one attached hydrogen (secondary N) is 2. The van der Waals surface area contributed by atoms with Crippen molar-refractivity contribution in [2.75, 3.05) is 13.2 Å². The Bertz CT molecular complexity index is 766. The Morgan fingerprint density at radius 1 is 1.27 bits per heavy atom. The smallest absolute Gasteiger partial charge is 0.255 e. The maximum atomic E-state index is 13.0. The van der Waals surface area contributed by atoms with Crippen LogP contribution in [0.25, 0.3) is 0 Å². The number of nitrogens with zero attached hydrogens (tertiary/aromatic N) is 1. The normalized spacial score (nSPS) is 28.4. The second-order valence-corrected chi connectivity index (χ2v) is 7.04. The molecule has 0 aliphatic carbocycles. The van der Waals surface area contributed by atoms with Gasteiger partial charge in [-0.25, -0.2) is 0 Å². The number of ether oxygens (including phenoxy) is 1. The van der Waals surface area contributed by atoms with Crippen LogP contribution in [0, 0.1) is 0 Å². The molecule has 1 unspecified atom stereocenters. The van der Waals surface area contributed by atoms with Gasteiger partial charge in [0, 0.05) is 37.2 Å². The molecule has 8 heteroatoms. The zero-order valence-corrected chi connectivity index (χ0v) is 14.4. The Labute approximate surface area is 151 Å². The summed E-state index contributed by atoms with van der Waals surface area (Å²) in [5, 5.41) is 5.69. The molecule has 3 atom stereocenters. The van der Waals surface area contributed by atoms with Crippen LogP contribution < -0.4 is 16.4 Å². The average Bonchev–Trinajstić information content (AvgIpc) is 3.17. The first-order valence-corrected chi connectivity index (χ1v) is 8.86. The van der Waals surface area contributed by atoms with Crippen LogP contribution in [0.15, 0.2) is 18.2 Å². The van der Waals surface area contributed by atoms with E-state index in [4.69, 9.17) is 10.5 Å². The van der Waals surface area contributed by atoms with Crippen molar-refractivity contribution in [3.8, 4) is 0 Å². The monoisotopic (exact) mass is 358 g/mol. The summed E-state index contributed by atoms with van der Waals surface area (Å²) >= 11 is 0. The fraction of sp³-hybridized carbons (Fsp3) is 0.500. The van der Waals surface area contributed by atoms with Crippen molar-refractivity contribution in [3.63, 3.8) is 0 Å². The van der Waals surface area contributed by atoms with Crippen molar-refractivity contribution in [1.29, 1.82) is 0 Å². The van der Waals surface area contributed by atoms with Gasteiger partial charge in [0.15, 0.2) is 0 Å². The number of hydrogen-bond donors (Lipinski definition) is 3. The molecule has 0 bridgehead atoms. The van der Waals surface area contributed by atoms with Crippen LogP contribution in [0.4, 0.5) is 0 Å². The minimum atomic E-state index is -0.593.